The summed E-state index contributed by atoms with van der Waals surface area (Å²) in [7, 11) is 0. The number of rotatable bonds is 0. The SMILES string of the molecule is Cc1ccc2c(c1)C1CCCC2N1. The molecule has 1 nitrogen and oxygen atoms in total. The van der Waals surface area contributed by atoms with Gasteiger partial charge in [0.05, 0.1) is 0 Å². The molecule has 1 heteroatoms. The van der Waals surface area contributed by atoms with E-state index in [0.29, 0.717) is 12.1 Å². The third-order valence-corrected chi connectivity index (χ3v) is 3.38. The second-order valence-corrected chi connectivity index (χ2v) is 4.34. The maximum Gasteiger partial charge on any atom is 0.0329 e. The van der Waals surface area contributed by atoms with E-state index in [-0.39, 0.29) is 0 Å². The van der Waals surface area contributed by atoms with Crippen molar-refractivity contribution in [3.8, 4) is 0 Å². The molecule has 0 aliphatic carbocycles. The topological polar surface area (TPSA) is 12.0 Å². The molecule has 1 aromatic rings. The van der Waals surface area contributed by atoms with E-state index < -0.39 is 0 Å². The highest BCUT2D eigenvalue weighted by Gasteiger charge is 2.32. The first-order valence-electron chi connectivity index (χ1n) is 5.21. The predicted octanol–water partition coefficient (Wildman–Crippen LogP) is 2.86. The number of hydrogen-bond acceptors (Lipinski definition) is 1. The third kappa shape index (κ3) is 1.03. The van der Waals surface area contributed by atoms with Gasteiger partial charge in [-0.15, -0.1) is 0 Å². The van der Waals surface area contributed by atoms with Crippen molar-refractivity contribution < 1.29 is 0 Å². The van der Waals surface area contributed by atoms with Crippen molar-refractivity contribution in [1.29, 1.82) is 0 Å². The molecule has 0 radical (unpaired) electrons. The van der Waals surface area contributed by atoms with Gasteiger partial charge in [-0.2, -0.15) is 0 Å². The van der Waals surface area contributed by atoms with E-state index in [2.05, 4.69) is 30.4 Å². The Hall–Kier alpha value is -0.820. The molecule has 1 aromatic carbocycles. The van der Waals surface area contributed by atoms with Crippen molar-refractivity contribution in [1.82, 2.24) is 5.32 Å². The molecule has 0 spiro atoms. The summed E-state index contributed by atoms with van der Waals surface area (Å²) in [6.07, 6.45) is 4.04. The zero-order valence-corrected chi connectivity index (χ0v) is 8.01. The lowest BCUT2D eigenvalue weighted by Gasteiger charge is -2.20. The lowest BCUT2D eigenvalue weighted by Crippen LogP contribution is -2.22. The molecule has 2 aliphatic heterocycles. The summed E-state index contributed by atoms with van der Waals surface area (Å²) in [5.74, 6) is 0. The van der Waals surface area contributed by atoms with Crippen LogP contribution in [0.3, 0.4) is 0 Å². The summed E-state index contributed by atoms with van der Waals surface area (Å²) >= 11 is 0. The molecule has 3 rings (SSSR count). The van der Waals surface area contributed by atoms with Crippen LogP contribution in [0.2, 0.25) is 0 Å². The van der Waals surface area contributed by atoms with Crippen molar-refractivity contribution >= 4 is 0 Å². The highest BCUT2D eigenvalue weighted by molar-refractivity contribution is 5.40. The lowest BCUT2D eigenvalue weighted by molar-refractivity contribution is 0.370. The molecular weight excluding hydrogens is 158 g/mol. The number of benzene rings is 1. The van der Waals surface area contributed by atoms with Gasteiger partial charge in [-0.3, -0.25) is 0 Å². The van der Waals surface area contributed by atoms with Crippen LogP contribution in [-0.2, 0) is 0 Å². The van der Waals surface area contributed by atoms with Crippen molar-refractivity contribution in [2.45, 2.75) is 38.3 Å². The van der Waals surface area contributed by atoms with Gasteiger partial charge in [-0.05, 0) is 37.3 Å². The molecule has 2 heterocycles. The molecule has 0 aromatic heterocycles. The molecule has 2 unspecified atom stereocenters. The smallest absolute Gasteiger partial charge is 0.0329 e. The molecule has 1 fully saturated rings. The standard InChI is InChI=1S/C12H15N/c1-8-5-6-9-10(7-8)12-4-2-3-11(9)13-12/h5-7,11-13H,2-4H2,1H3. The Labute approximate surface area is 79.2 Å². The fourth-order valence-electron chi connectivity index (χ4n) is 2.74. The highest BCUT2D eigenvalue weighted by Crippen LogP contribution is 2.42. The van der Waals surface area contributed by atoms with Crippen LogP contribution in [0.4, 0.5) is 0 Å². The maximum atomic E-state index is 3.68. The number of piperidine rings is 1. The Morgan fingerprint density at radius 2 is 1.92 bits per heavy atom. The minimum absolute atomic E-state index is 0.661. The third-order valence-electron chi connectivity index (χ3n) is 3.38. The van der Waals surface area contributed by atoms with Gasteiger partial charge in [0.15, 0.2) is 0 Å². The fraction of sp³-hybridized carbons (Fsp3) is 0.500. The number of fused-ring (bicyclic) bond motifs is 5. The highest BCUT2D eigenvalue weighted by atomic mass is 15.0. The van der Waals surface area contributed by atoms with Crippen molar-refractivity contribution in [3.05, 3.63) is 34.9 Å². The minimum atomic E-state index is 0.661. The van der Waals surface area contributed by atoms with E-state index in [0.717, 1.165) is 0 Å². The van der Waals surface area contributed by atoms with Crippen LogP contribution in [0.5, 0.6) is 0 Å². The molecule has 1 saturated heterocycles. The number of aryl methyl sites for hydroxylation is 1. The largest absolute Gasteiger partial charge is 0.303 e. The Morgan fingerprint density at radius 3 is 2.77 bits per heavy atom. The Bertz CT molecular complexity index is 343. The van der Waals surface area contributed by atoms with E-state index in [9.17, 15) is 0 Å². The van der Waals surface area contributed by atoms with Gasteiger partial charge in [0.2, 0.25) is 0 Å². The van der Waals surface area contributed by atoms with Crippen molar-refractivity contribution in [3.63, 3.8) is 0 Å². The molecular formula is C12H15N. The van der Waals surface area contributed by atoms with Gasteiger partial charge >= 0.3 is 0 Å². The molecule has 13 heavy (non-hydrogen) atoms. The Morgan fingerprint density at radius 1 is 1.15 bits per heavy atom. The molecule has 2 aliphatic rings. The van der Waals surface area contributed by atoms with Gasteiger partial charge in [0, 0.05) is 12.1 Å². The average Bonchev–Trinajstić information content (AvgIpc) is 2.39. The molecule has 2 atom stereocenters. The van der Waals surface area contributed by atoms with Gasteiger partial charge < -0.3 is 5.32 Å². The van der Waals surface area contributed by atoms with Crippen LogP contribution in [0.1, 0.15) is 48.0 Å². The van der Waals surface area contributed by atoms with E-state index in [4.69, 9.17) is 0 Å². The van der Waals surface area contributed by atoms with Crippen LogP contribution in [0.25, 0.3) is 0 Å². The van der Waals surface area contributed by atoms with Crippen LogP contribution in [-0.4, -0.2) is 0 Å². The van der Waals surface area contributed by atoms with Crippen molar-refractivity contribution in [2.24, 2.45) is 0 Å². The van der Waals surface area contributed by atoms with Gasteiger partial charge in [-0.1, -0.05) is 23.8 Å². The normalized spacial score (nSPS) is 30.2. The van der Waals surface area contributed by atoms with Crippen LogP contribution in [0.15, 0.2) is 18.2 Å². The molecule has 0 saturated carbocycles. The maximum absolute atomic E-state index is 3.68. The van der Waals surface area contributed by atoms with E-state index >= 15 is 0 Å². The van der Waals surface area contributed by atoms with Gasteiger partial charge in [-0.25, -0.2) is 0 Å². The summed E-state index contributed by atoms with van der Waals surface area (Å²) in [6.45, 7) is 2.18. The number of nitrogens with one attached hydrogen (secondary N) is 1. The molecule has 1 N–H and O–H groups in total. The van der Waals surface area contributed by atoms with Crippen LogP contribution in [0, 0.1) is 6.92 Å². The predicted molar refractivity (Wildman–Crippen MR) is 53.6 cm³/mol. The first-order chi connectivity index (χ1) is 6.34. The quantitative estimate of drug-likeness (QED) is 0.636. The second-order valence-electron chi connectivity index (χ2n) is 4.34. The van der Waals surface area contributed by atoms with E-state index in [1.807, 2.05) is 0 Å². The molecule has 2 bridgehead atoms. The first kappa shape index (κ1) is 7.57. The summed E-state index contributed by atoms with van der Waals surface area (Å²) < 4.78 is 0. The van der Waals surface area contributed by atoms with Crippen LogP contribution >= 0.6 is 0 Å². The summed E-state index contributed by atoms with van der Waals surface area (Å²) in [6, 6.07) is 8.23. The molecule has 68 valence electrons. The first-order valence-corrected chi connectivity index (χ1v) is 5.21. The summed E-state index contributed by atoms with van der Waals surface area (Å²) in [5.41, 5.74) is 4.53. The average molecular weight is 173 g/mol. The van der Waals surface area contributed by atoms with E-state index in [1.54, 1.807) is 11.1 Å². The lowest BCUT2D eigenvalue weighted by atomic mass is 10.0. The van der Waals surface area contributed by atoms with Crippen molar-refractivity contribution in [2.75, 3.05) is 0 Å². The Balaban J connectivity index is 2.15. The zero-order chi connectivity index (χ0) is 8.84. The fourth-order valence-corrected chi connectivity index (χ4v) is 2.74. The zero-order valence-electron chi connectivity index (χ0n) is 8.01. The summed E-state index contributed by atoms with van der Waals surface area (Å²) in [5, 5.41) is 3.68. The van der Waals surface area contributed by atoms with Gasteiger partial charge in [0.25, 0.3) is 0 Å². The number of hydrogen-bond donors (Lipinski definition) is 1. The monoisotopic (exact) mass is 173 g/mol. The minimum Gasteiger partial charge on any atom is -0.303 e. The molecule has 0 amide bonds. The van der Waals surface area contributed by atoms with E-state index in [1.165, 1.54) is 24.8 Å². The Kier molecular flexibility index (Phi) is 1.50. The van der Waals surface area contributed by atoms with Crippen LogP contribution < -0.4 is 5.32 Å². The second kappa shape index (κ2) is 2.58. The summed E-state index contributed by atoms with van der Waals surface area (Å²) in [4.78, 5) is 0. The van der Waals surface area contributed by atoms with Gasteiger partial charge in [0.1, 0.15) is 0 Å².